The first-order chi connectivity index (χ1) is 19.2. The predicted molar refractivity (Wildman–Crippen MR) is 151 cm³/mol. The average molecular weight is 568 g/mol. The lowest BCUT2D eigenvalue weighted by Gasteiger charge is -2.36. The Morgan fingerprint density at radius 3 is 1.80 bits per heavy atom. The van der Waals surface area contributed by atoms with E-state index in [0.717, 1.165) is 11.1 Å². The SMILES string of the molecule is CC(C)(C)OC(=O)N=C(N)C1(CCNC(=O)OC(C)(C)C)c2ccc(OC=O)cc2CCc2cc(OC=O)ccc21. The van der Waals surface area contributed by atoms with E-state index in [2.05, 4.69) is 10.3 Å². The topological polar surface area (TPSA) is 156 Å². The van der Waals surface area contributed by atoms with Crippen molar-refractivity contribution in [1.29, 1.82) is 0 Å². The first-order valence-electron chi connectivity index (χ1n) is 13.2. The number of carbonyl (C=O) groups excluding carboxylic acids is 4. The zero-order valence-corrected chi connectivity index (χ0v) is 24.2. The van der Waals surface area contributed by atoms with Crippen LogP contribution in [0.25, 0.3) is 0 Å². The second kappa shape index (κ2) is 12.4. The first kappa shape index (κ1) is 31.1. The number of hydrogen-bond donors (Lipinski definition) is 2. The van der Waals surface area contributed by atoms with E-state index in [1.807, 2.05) is 0 Å². The van der Waals surface area contributed by atoms with E-state index in [1.165, 1.54) is 0 Å². The molecule has 0 spiro atoms. The number of alkyl carbamates (subject to hydrolysis) is 1. The highest BCUT2D eigenvalue weighted by Crippen LogP contribution is 2.44. The molecular formula is C30H37N3O8. The van der Waals surface area contributed by atoms with Crippen LogP contribution in [0.15, 0.2) is 41.4 Å². The Hall–Kier alpha value is -4.41. The van der Waals surface area contributed by atoms with Crippen molar-refractivity contribution in [1.82, 2.24) is 5.32 Å². The number of fused-ring (bicyclic) bond motifs is 2. The van der Waals surface area contributed by atoms with Gasteiger partial charge >= 0.3 is 12.2 Å². The van der Waals surface area contributed by atoms with Gasteiger partial charge < -0.3 is 30.0 Å². The number of aliphatic imine (C=N–C) groups is 1. The Balaban J connectivity index is 2.24. The fourth-order valence-corrected chi connectivity index (χ4v) is 4.88. The van der Waals surface area contributed by atoms with E-state index < -0.39 is 28.8 Å². The summed E-state index contributed by atoms with van der Waals surface area (Å²) < 4.78 is 21.0. The summed E-state index contributed by atoms with van der Waals surface area (Å²) in [7, 11) is 0. The quantitative estimate of drug-likeness (QED) is 0.269. The minimum absolute atomic E-state index is 0.0600. The predicted octanol–water partition coefficient (Wildman–Crippen LogP) is 4.35. The van der Waals surface area contributed by atoms with E-state index in [1.54, 1.807) is 77.9 Å². The van der Waals surface area contributed by atoms with Gasteiger partial charge in [-0.15, -0.1) is 0 Å². The number of hydrogen-bond acceptors (Lipinski definition) is 8. The molecule has 2 aromatic rings. The molecule has 3 N–H and O–H groups in total. The van der Waals surface area contributed by atoms with Crippen LogP contribution >= 0.6 is 0 Å². The third kappa shape index (κ3) is 7.84. The molecule has 0 bridgehead atoms. The van der Waals surface area contributed by atoms with Gasteiger partial charge in [0, 0.05) is 6.54 Å². The fraction of sp³-hybridized carbons (Fsp3) is 0.433. The van der Waals surface area contributed by atoms with Crippen LogP contribution in [0, 0.1) is 0 Å². The Labute approximate surface area is 239 Å². The zero-order chi connectivity index (χ0) is 30.4. The number of nitrogens with zero attached hydrogens (tertiary/aromatic N) is 1. The molecule has 2 aromatic carbocycles. The van der Waals surface area contributed by atoms with Gasteiger partial charge in [0.1, 0.15) is 28.5 Å². The smallest absolute Gasteiger partial charge is 0.435 e. The number of aryl methyl sites for hydroxylation is 2. The minimum atomic E-state index is -1.24. The molecule has 0 heterocycles. The van der Waals surface area contributed by atoms with Crippen molar-refractivity contribution < 1.29 is 38.1 Å². The van der Waals surface area contributed by atoms with Gasteiger partial charge in [-0.25, -0.2) is 9.59 Å². The molecule has 0 radical (unpaired) electrons. The molecule has 0 aromatic heterocycles. The monoisotopic (exact) mass is 567 g/mol. The molecule has 0 saturated carbocycles. The van der Waals surface area contributed by atoms with Crippen molar-refractivity contribution in [2.45, 2.75) is 77.4 Å². The number of rotatable bonds is 8. The van der Waals surface area contributed by atoms with Crippen LogP contribution in [0.2, 0.25) is 0 Å². The Kier molecular flexibility index (Phi) is 9.42. The number of benzene rings is 2. The summed E-state index contributed by atoms with van der Waals surface area (Å²) in [6.45, 7) is 11.2. The molecule has 11 heteroatoms. The number of nitrogens with one attached hydrogen (secondary N) is 1. The minimum Gasteiger partial charge on any atom is -0.444 e. The summed E-state index contributed by atoms with van der Waals surface area (Å²) in [6.07, 6.45) is -0.308. The summed E-state index contributed by atoms with van der Waals surface area (Å²) in [5.41, 5.74) is 6.97. The molecule has 0 aliphatic heterocycles. The molecule has 0 atom stereocenters. The van der Waals surface area contributed by atoms with Crippen molar-refractivity contribution >= 4 is 31.0 Å². The van der Waals surface area contributed by atoms with Crippen LogP contribution in [0.5, 0.6) is 11.5 Å². The third-order valence-electron chi connectivity index (χ3n) is 6.32. The molecule has 41 heavy (non-hydrogen) atoms. The maximum absolute atomic E-state index is 12.9. The van der Waals surface area contributed by atoms with Crippen LogP contribution in [-0.4, -0.2) is 48.7 Å². The first-order valence-corrected chi connectivity index (χ1v) is 13.2. The molecule has 0 saturated heterocycles. The summed E-state index contributed by atoms with van der Waals surface area (Å²) >= 11 is 0. The van der Waals surface area contributed by atoms with Crippen molar-refractivity contribution in [3.63, 3.8) is 0 Å². The van der Waals surface area contributed by atoms with E-state index in [4.69, 9.17) is 24.7 Å². The highest BCUT2D eigenvalue weighted by Gasteiger charge is 2.44. The van der Waals surface area contributed by atoms with Crippen molar-refractivity contribution in [2.24, 2.45) is 10.7 Å². The molecule has 11 nitrogen and oxygen atoms in total. The van der Waals surface area contributed by atoms with Crippen LogP contribution in [0.4, 0.5) is 9.59 Å². The maximum Gasteiger partial charge on any atom is 0.435 e. The van der Waals surface area contributed by atoms with E-state index in [-0.39, 0.29) is 18.8 Å². The van der Waals surface area contributed by atoms with E-state index in [9.17, 15) is 19.2 Å². The molecular weight excluding hydrogens is 530 g/mol. The average Bonchev–Trinajstić information content (AvgIpc) is 2.97. The summed E-state index contributed by atoms with van der Waals surface area (Å²) in [6, 6.07) is 10.2. The standard InChI is InChI=1S/C30H37N3O8/c1-28(2,3)40-26(36)32-14-13-30(25(31)33-27(37)41-29(4,5)6)23-11-9-21(38-17-34)15-19(23)7-8-20-16-22(39-18-35)10-12-24(20)30/h9-12,15-18H,7-8,13-14H2,1-6H3,(H,32,36)(H2,31,33,37). The Bertz CT molecular complexity index is 1280. The van der Waals surface area contributed by atoms with E-state index >= 15 is 0 Å². The van der Waals surface area contributed by atoms with Gasteiger partial charge in [-0.1, -0.05) is 12.1 Å². The van der Waals surface area contributed by atoms with Gasteiger partial charge in [-0.05, 0) is 107 Å². The van der Waals surface area contributed by atoms with Gasteiger partial charge in [-0.2, -0.15) is 4.99 Å². The molecule has 220 valence electrons. The lowest BCUT2D eigenvalue weighted by atomic mass is 9.69. The lowest BCUT2D eigenvalue weighted by molar-refractivity contribution is -0.121. The Morgan fingerprint density at radius 2 is 1.37 bits per heavy atom. The highest BCUT2D eigenvalue weighted by atomic mass is 16.6. The molecule has 1 aliphatic rings. The number of carbonyl (C=O) groups is 4. The van der Waals surface area contributed by atoms with Crippen LogP contribution < -0.4 is 20.5 Å². The molecule has 2 amide bonds. The van der Waals surface area contributed by atoms with E-state index in [0.29, 0.717) is 48.4 Å². The van der Waals surface area contributed by atoms with Crippen molar-refractivity contribution in [3.05, 3.63) is 58.7 Å². The largest absolute Gasteiger partial charge is 0.444 e. The maximum atomic E-state index is 12.9. The zero-order valence-electron chi connectivity index (χ0n) is 24.2. The van der Waals surface area contributed by atoms with Gasteiger partial charge in [-0.3, -0.25) is 9.59 Å². The number of amidine groups is 1. The Morgan fingerprint density at radius 1 is 0.878 bits per heavy atom. The van der Waals surface area contributed by atoms with Gasteiger partial charge in [0.25, 0.3) is 12.9 Å². The van der Waals surface area contributed by atoms with Crippen LogP contribution in [-0.2, 0) is 37.3 Å². The molecule has 0 fully saturated rings. The second-order valence-corrected chi connectivity index (χ2v) is 11.6. The summed E-state index contributed by atoms with van der Waals surface area (Å²) in [5, 5.41) is 2.77. The van der Waals surface area contributed by atoms with Gasteiger partial charge in [0.05, 0.1) is 5.41 Å². The van der Waals surface area contributed by atoms with Gasteiger partial charge in [0.15, 0.2) is 0 Å². The molecule has 0 unspecified atom stereocenters. The summed E-state index contributed by atoms with van der Waals surface area (Å²) in [4.78, 5) is 51.7. The fourth-order valence-electron chi connectivity index (χ4n) is 4.88. The normalized spacial score (nSPS) is 14.4. The van der Waals surface area contributed by atoms with Crippen LogP contribution in [0.1, 0.15) is 70.2 Å². The number of ether oxygens (including phenoxy) is 4. The van der Waals surface area contributed by atoms with Crippen molar-refractivity contribution in [3.8, 4) is 11.5 Å². The van der Waals surface area contributed by atoms with Crippen molar-refractivity contribution in [2.75, 3.05) is 6.54 Å². The third-order valence-corrected chi connectivity index (χ3v) is 6.32. The molecule has 1 aliphatic carbocycles. The summed E-state index contributed by atoms with van der Waals surface area (Å²) in [5.74, 6) is 0.603. The molecule has 3 rings (SSSR count). The second-order valence-electron chi connectivity index (χ2n) is 11.6. The number of amides is 2. The van der Waals surface area contributed by atoms with Gasteiger partial charge in [0.2, 0.25) is 0 Å². The highest BCUT2D eigenvalue weighted by molar-refractivity contribution is 6.01. The van der Waals surface area contributed by atoms with Crippen LogP contribution in [0.3, 0.4) is 0 Å². The lowest BCUT2D eigenvalue weighted by Crippen LogP contribution is -2.46. The number of nitrogens with two attached hydrogens (primary N) is 1.